The van der Waals surface area contributed by atoms with E-state index >= 15 is 0 Å². The van der Waals surface area contributed by atoms with Crippen molar-refractivity contribution in [2.75, 3.05) is 10.2 Å². The topological polar surface area (TPSA) is 52.7 Å². The summed E-state index contributed by atoms with van der Waals surface area (Å²) in [5, 5.41) is 4.03. The van der Waals surface area contributed by atoms with Gasteiger partial charge < -0.3 is 10.2 Å². The molecule has 1 atom stereocenters. The Balaban J connectivity index is 1.60. The molecule has 33 heavy (non-hydrogen) atoms. The first-order valence-electron chi connectivity index (χ1n) is 10.0. The molecule has 0 aromatic heterocycles. The minimum Gasteiger partial charge on any atom is -0.332 e. The molecule has 1 N–H and O–H groups in total. The zero-order chi connectivity index (χ0) is 23.5. The molecule has 3 aromatic rings. The fourth-order valence-corrected chi connectivity index (χ4v) is 4.27. The van der Waals surface area contributed by atoms with Gasteiger partial charge in [-0.3, -0.25) is 14.5 Å². The zero-order valence-corrected chi connectivity index (χ0v) is 19.5. The molecule has 0 saturated carbocycles. The maximum absolute atomic E-state index is 13.4. The highest BCUT2D eigenvalue weighted by molar-refractivity contribution is 7.80. The Hall–Kier alpha value is -3.00. The second-order valence-electron chi connectivity index (χ2n) is 7.47. The lowest BCUT2D eigenvalue weighted by Crippen LogP contribution is -2.37. The molecule has 9 heteroatoms. The quantitative estimate of drug-likeness (QED) is 0.442. The first kappa shape index (κ1) is 23.2. The predicted octanol–water partition coefficient (Wildman–Crippen LogP) is 5.66. The summed E-state index contributed by atoms with van der Waals surface area (Å²) in [6.07, 6.45) is -0.138. The summed E-state index contributed by atoms with van der Waals surface area (Å²) >= 11 is 17.8. The van der Waals surface area contributed by atoms with Crippen LogP contribution in [0.2, 0.25) is 10.0 Å². The van der Waals surface area contributed by atoms with Crippen molar-refractivity contribution >= 4 is 63.7 Å². The van der Waals surface area contributed by atoms with E-state index in [1.165, 1.54) is 29.2 Å². The number of benzene rings is 3. The summed E-state index contributed by atoms with van der Waals surface area (Å²) < 4.78 is 13.2. The molecule has 5 nitrogen and oxygen atoms in total. The summed E-state index contributed by atoms with van der Waals surface area (Å²) in [7, 11) is 0. The van der Waals surface area contributed by atoms with Gasteiger partial charge in [0.2, 0.25) is 5.91 Å². The Kier molecular flexibility index (Phi) is 6.93. The summed E-state index contributed by atoms with van der Waals surface area (Å²) in [4.78, 5) is 29.3. The zero-order valence-electron chi connectivity index (χ0n) is 17.2. The van der Waals surface area contributed by atoms with Crippen LogP contribution < -0.4 is 10.2 Å². The van der Waals surface area contributed by atoms with E-state index in [9.17, 15) is 14.0 Å². The normalized spacial score (nSPS) is 15.8. The van der Waals surface area contributed by atoms with E-state index in [-0.39, 0.29) is 17.4 Å². The Morgan fingerprint density at radius 2 is 1.70 bits per heavy atom. The van der Waals surface area contributed by atoms with Gasteiger partial charge in [-0.1, -0.05) is 41.4 Å². The van der Waals surface area contributed by atoms with Crippen LogP contribution in [0.15, 0.2) is 72.8 Å². The van der Waals surface area contributed by atoms with Gasteiger partial charge in [0.05, 0.1) is 12.1 Å². The molecule has 1 unspecified atom stereocenters. The molecule has 168 valence electrons. The van der Waals surface area contributed by atoms with Crippen LogP contribution in [-0.4, -0.2) is 27.9 Å². The summed E-state index contributed by atoms with van der Waals surface area (Å²) in [5.74, 6) is -1.13. The van der Waals surface area contributed by atoms with Crippen LogP contribution in [0.1, 0.15) is 12.0 Å². The number of rotatable bonds is 6. The second-order valence-corrected chi connectivity index (χ2v) is 8.70. The minimum atomic E-state index is -0.826. The van der Waals surface area contributed by atoms with E-state index in [0.29, 0.717) is 28.0 Å². The fourth-order valence-electron chi connectivity index (χ4n) is 3.57. The van der Waals surface area contributed by atoms with Crippen molar-refractivity contribution in [3.63, 3.8) is 0 Å². The van der Waals surface area contributed by atoms with Gasteiger partial charge in [0, 0.05) is 22.3 Å². The van der Waals surface area contributed by atoms with E-state index in [4.69, 9.17) is 35.4 Å². The first-order valence-corrected chi connectivity index (χ1v) is 11.2. The number of nitrogens with zero attached hydrogens (tertiary/aromatic N) is 2. The van der Waals surface area contributed by atoms with Crippen molar-refractivity contribution in [1.82, 2.24) is 4.90 Å². The van der Waals surface area contributed by atoms with Crippen LogP contribution in [0, 0.1) is 5.82 Å². The Morgan fingerprint density at radius 1 is 1.00 bits per heavy atom. The van der Waals surface area contributed by atoms with Gasteiger partial charge >= 0.3 is 0 Å². The van der Waals surface area contributed by atoms with Gasteiger partial charge in [-0.05, 0) is 72.4 Å². The molecule has 0 bridgehead atoms. The molecule has 1 saturated heterocycles. The molecule has 1 aliphatic heterocycles. The molecule has 3 aromatic carbocycles. The second kappa shape index (κ2) is 9.87. The van der Waals surface area contributed by atoms with Crippen LogP contribution in [-0.2, 0) is 16.1 Å². The average molecular weight is 502 g/mol. The highest BCUT2D eigenvalue weighted by Crippen LogP contribution is 2.30. The van der Waals surface area contributed by atoms with Crippen LogP contribution in [0.3, 0.4) is 0 Å². The molecule has 0 radical (unpaired) electrons. The van der Waals surface area contributed by atoms with Crippen LogP contribution in [0.25, 0.3) is 0 Å². The Bertz CT molecular complexity index is 1210. The van der Waals surface area contributed by atoms with Crippen molar-refractivity contribution in [2.24, 2.45) is 0 Å². The van der Waals surface area contributed by atoms with Gasteiger partial charge in [0.25, 0.3) is 5.91 Å². The molecule has 2 amide bonds. The molecule has 0 aliphatic carbocycles. The third-order valence-electron chi connectivity index (χ3n) is 5.16. The molecule has 1 aliphatic rings. The molecule has 1 fully saturated rings. The SMILES string of the molecule is O=C(CC1C(=O)N(c2cccc(Cl)c2)C(=S)N1Cc1ccc(Cl)cc1)Nc1ccc(F)cc1. The number of hydrogen-bond acceptors (Lipinski definition) is 3. The number of thiocarbonyl (C=S) groups is 1. The maximum Gasteiger partial charge on any atom is 0.256 e. The molecule has 4 rings (SSSR count). The smallest absolute Gasteiger partial charge is 0.256 e. The van der Waals surface area contributed by atoms with Crippen molar-refractivity contribution < 1.29 is 14.0 Å². The number of carbonyl (C=O) groups excluding carboxylic acids is 2. The lowest BCUT2D eigenvalue weighted by Gasteiger charge is -2.24. The van der Waals surface area contributed by atoms with Crippen molar-refractivity contribution in [3.8, 4) is 0 Å². The largest absolute Gasteiger partial charge is 0.332 e. The highest BCUT2D eigenvalue weighted by atomic mass is 35.5. The third-order valence-corrected chi connectivity index (χ3v) is 6.06. The Labute approximate surface area is 205 Å². The number of amides is 2. The number of carbonyl (C=O) groups is 2. The summed E-state index contributed by atoms with van der Waals surface area (Å²) in [6, 6.07) is 18.6. The van der Waals surface area contributed by atoms with Gasteiger partial charge in [-0.15, -0.1) is 0 Å². The van der Waals surface area contributed by atoms with Crippen molar-refractivity contribution in [1.29, 1.82) is 0 Å². The van der Waals surface area contributed by atoms with E-state index in [1.807, 2.05) is 12.1 Å². The lowest BCUT2D eigenvalue weighted by atomic mass is 10.1. The minimum absolute atomic E-state index is 0.138. The van der Waals surface area contributed by atoms with E-state index in [1.54, 1.807) is 41.3 Å². The number of halogens is 3. The maximum atomic E-state index is 13.4. The van der Waals surface area contributed by atoms with Crippen LogP contribution in [0.4, 0.5) is 15.8 Å². The monoisotopic (exact) mass is 501 g/mol. The van der Waals surface area contributed by atoms with E-state index in [2.05, 4.69) is 5.32 Å². The first-order chi connectivity index (χ1) is 15.8. The van der Waals surface area contributed by atoms with E-state index in [0.717, 1.165) is 5.56 Å². The van der Waals surface area contributed by atoms with Gasteiger partial charge in [-0.25, -0.2) is 4.39 Å². The molecule has 1 heterocycles. The number of nitrogens with one attached hydrogen (secondary N) is 1. The number of anilines is 2. The molecular formula is C24H18Cl2FN3O2S. The van der Waals surface area contributed by atoms with Crippen molar-refractivity contribution in [3.05, 3.63) is 94.2 Å². The van der Waals surface area contributed by atoms with Crippen molar-refractivity contribution in [2.45, 2.75) is 19.0 Å². The number of hydrogen-bond donors (Lipinski definition) is 1. The van der Waals surface area contributed by atoms with Gasteiger partial charge in [-0.2, -0.15) is 0 Å². The molecular weight excluding hydrogens is 484 g/mol. The van der Waals surface area contributed by atoms with Crippen LogP contribution in [0.5, 0.6) is 0 Å². The summed E-state index contributed by atoms with van der Waals surface area (Å²) in [5.41, 5.74) is 1.84. The predicted molar refractivity (Wildman–Crippen MR) is 132 cm³/mol. The van der Waals surface area contributed by atoms with Crippen LogP contribution >= 0.6 is 35.4 Å². The highest BCUT2D eigenvalue weighted by Gasteiger charge is 2.44. The fraction of sp³-hybridized carbons (Fsp3) is 0.125. The summed E-state index contributed by atoms with van der Waals surface area (Å²) in [6.45, 7) is 0.313. The standard InChI is InChI=1S/C24H18Cl2FN3O2S/c25-16-6-4-15(5-7-16)14-29-21(13-22(31)28-19-10-8-18(27)9-11-19)23(32)30(24(29)33)20-3-1-2-17(26)12-20/h1-12,21H,13-14H2,(H,28,31). The third kappa shape index (κ3) is 5.33. The Morgan fingerprint density at radius 3 is 2.36 bits per heavy atom. The lowest BCUT2D eigenvalue weighted by molar-refractivity contribution is -0.124. The van der Waals surface area contributed by atoms with Gasteiger partial charge in [0.1, 0.15) is 11.9 Å². The average Bonchev–Trinajstić information content (AvgIpc) is 3.00. The molecule has 0 spiro atoms. The van der Waals surface area contributed by atoms with E-state index < -0.39 is 17.8 Å². The van der Waals surface area contributed by atoms with Gasteiger partial charge in [0.15, 0.2) is 5.11 Å².